The Morgan fingerprint density at radius 3 is 2.29 bits per heavy atom. The second-order valence-electron chi connectivity index (χ2n) is 6.31. The van der Waals surface area contributed by atoms with Gasteiger partial charge in [-0.15, -0.1) is 0 Å². The molecule has 0 unspecified atom stereocenters. The highest BCUT2D eigenvalue weighted by molar-refractivity contribution is 5.94. The van der Waals surface area contributed by atoms with Gasteiger partial charge in [-0.25, -0.2) is 0 Å². The molecule has 0 aliphatic rings. The zero-order chi connectivity index (χ0) is 20.9. The van der Waals surface area contributed by atoms with Gasteiger partial charge >= 0.3 is 6.18 Å². The number of para-hydroxylation sites is 1. The van der Waals surface area contributed by atoms with E-state index in [4.69, 9.17) is 9.47 Å². The fourth-order valence-corrected chi connectivity index (χ4v) is 2.67. The molecule has 5 nitrogen and oxygen atoms in total. The molecule has 28 heavy (non-hydrogen) atoms. The van der Waals surface area contributed by atoms with E-state index < -0.39 is 17.8 Å². The van der Waals surface area contributed by atoms with Gasteiger partial charge in [0.25, 0.3) is 0 Å². The van der Waals surface area contributed by atoms with Gasteiger partial charge in [0.05, 0.1) is 25.8 Å². The highest BCUT2D eigenvalue weighted by atomic mass is 19.4. The van der Waals surface area contributed by atoms with E-state index in [2.05, 4.69) is 5.32 Å². The van der Waals surface area contributed by atoms with Gasteiger partial charge in [-0.1, -0.05) is 12.1 Å². The standard InChI is InChI=1S/C20H23F3N2O3/c1-13(19(26)24-16-10-8-15(9-11-16)20(21,22)23)25(2)12-14-6-5-7-17(27-3)18(14)28-4/h5-11,13H,12H2,1-4H3,(H,24,26)/t13-/m1/s1. The van der Waals surface area contributed by atoms with Gasteiger partial charge in [-0.3, -0.25) is 9.69 Å². The van der Waals surface area contributed by atoms with Crippen molar-refractivity contribution in [1.82, 2.24) is 4.90 Å². The summed E-state index contributed by atoms with van der Waals surface area (Å²) in [6.07, 6.45) is -4.41. The zero-order valence-corrected chi connectivity index (χ0v) is 16.1. The van der Waals surface area contributed by atoms with Crippen LogP contribution in [0.5, 0.6) is 11.5 Å². The van der Waals surface area contributed by atoms with Crippen molar-refractivity contribution in [3.63, 3.8) is 0 Å². The number of carbonyl (C=O) groups is 1. The summed E-state index contributed by atoms with van der Waals surface area (Å²) in [5.74, 6) is 0.853. The molecule has 0 aromatic heterocycles. The number of hydrogen-bond acceptors (Lipinski definition) is 4. The van der Waals surface area contributed by atoms with Crippen molar-refractivity contribution in [1.29, 1.82) is 0 Å². The third-order valence-corrected chi connectivity index (χ3v) is 4.42. The molecule has 1 atom stereocenters. The number of benzene rings is 2. The summed E-state index contributed by atoms with van der Waals surface area (Å²) in [7, 11) is 4.86. The van der Waals surface area contributed by atoms with Gasteiger partial charge in [0.1, 0.15) is 0 Å². The van der Waals surface area contributed by atoms with E-state index in [0.29, 0.717) is 23.7 Å². The van der Waals surface area contributed by atoms with E-state index >= 15 is 0 Å². The molecule has 0 aliphatic carbocycles. The molecule has 2 aromatic rings. The van der Waals surface area contributed by atoms with Crippen LogP contribution in [0, 0.1) is 0 Å². The summed E-state index contributed by atoms with van der Waals surface area (Å²) in [5, 5.41) is 2.63. The first-order valence-electron chi connectivity index (χ1n) is 8.55. The lowest BCUT2D eigenvalue weighted by Crippen LogP contribution is -2.39. The Morgan fingerprint density at radius 2 is 1.75 bits per heavy atom. The van der Waals surface area contributed by atoms with Gasteiger partial charge in [0.15, 0.2) is 11.5 Å². The van der Waals surface area contributed by atoms with Crippen molar-refractivity contribution in [3.8, 4) is 11.5 Å². The van der Waals surface area contributed by atoms with Gasteiger partial charge in [0.2, 0.25) is 5.91 Å². The van der Waals surface area contributed by atoms with Gasteiger partial charge < -0.3 is 14.8 Å². The Hall–Kier alpha value is -2.74. The number of amides is 1. The van der Waals surface area contributed by atoms with E-state index in [1.165, 1.54) is 12.1 Å². The molecule has 8 heteroatoms. The fourth-order valence-electron chi connectivity index (χ4n) is 2.67. The molecular formula is C20H23F3N2O3. The molecule has 152 valence electrons. The number of likely N-dealkylation sites (N-methyl/N-ethyl adjacent to an activating group) is 1. The number of hydrogen-bond donors (Lipinski definition) is 1. The van der Waals surface area contributed by atoms with Crippen LogP contribution in [-0.2, 0) is 17.5 Å². The Kier molecular flexibility index (Phi) is 6.90. The molecule has 0 heterocycles. The van der Waals surface area contributed by atoms with Crippen LogP contribution in [0.4, 0.5) is 18.9 Å². The molecule has 0 saturated carbocycles. The topological polar surface area (TPSA) is 50.8 Å². The van der Waals surface area contributed by atoms with Crippen molar-refractivity contribution >= 4 is 11.6 Å². The Balaban J connectivity index is 2.05. The van der Waals surface area contributed by atoms with Crippen molar-refractivity contribution in [2.75, 3.05) is 26.6 Å². The zero-order valence-electron chi connectivity index (χ0n) is 16.1. The smallest absolute Gasteiger partial charge is 0.416 e. The maximum Gasteiger partial charge on any atom is 0.416 e. The Morgan fingerprint density at radius 1 is 1.11 bits per heavy atom. The number of nitrogens with zero attached hydrogens (tertiary/aromatic N) is 1. The number of carbonyl (C=O) groups excluding carboxylic acids is 1. The molecule has 0 spiro atoms. The van der Waals surface area contributed by atoms with Crippen molar-refractivity contribution in [2.24, 2.45) is 0 Å². The molecule has 1 N–H and O–H groups in total. The second kappa shape index (κ2) is 8.97. The molecule has 0 aliphatic heterocycles. The highest BCUT2D eigenvalue weighted by Gasteiger charge is 2.30. The molecule has 2 rings (SSSR count). The molecule has 0 radical (unpaired) electrons. The van der Waals surface area contributed by atoms with Gasteiger partial charge in [-0.2, -0.15) is 13.2 Å². The molecule has 0 fully saturated rings. The molecule has 0 saturated heterocycles. The average Bonchev–Trinajstić information content (AvgIpc) is 2.66. The van der Waals surface area contributed by atoms with Gasteiger partial charge in [0, 0.05) is 17.8 Å². The number of alkyl halides is 3. The number of methoxy groups -OCH3 is 2. The minimum atomic E-state index is -4.41. The van der Waals surface area contributed by atoms with Crippen LogP contribution in [0.1, 0.15) is 18.1 Å². The predicted octanol–water partition coefficient (Wildman–Crippen LogP) is 4.18. The molecule has 1 amide bonds. The summed E-state index contributed by atoms with van der Waals surface area (Å²) >= 11 is 0. The normalized spacial score (nSPS) is 12.6. The first-order valence-corrected chi connectivity index (χ1v) is 8.55. The minimum absolute atomic E-state index is 0.303. The summed E-state index contributed by atoms with van der Waals surface area (Å²) < 4.78 is 48.6. The number of ether oxygens (including phenoxy) is 2. The van der Waals surface area contributed by atoms with Crippen LogP contribution in [0.3, 0.4) is 0 Å². The summed E-state index contributed by atoms with van der Waals surface area (Å²) in [6, 6.07) is 9.30. The monoisotopic (exact) mass is 396 g/mol. The Bertz CT molecular complexity index is 807. The first kappa shape index (κ1) is 21.6. The maximum atomic E-state index is 12.6. The first-order chi connectivity index (χ1) is 13.2. The van der Waals surface area contributed by atoms with Crippen molar-refractivity contribution in [3.05, 3.63) is 53.6 Å². The van der Waals surface area contributed by atoms with Gasteiger partial charge in [-0.05, 0) is 44.3 Å². The second-order valence-corrected chi connectivity index (χ2v) is 6.31. The predicted molar refractivity (Wildman–Crippen MR) is 101 cm³/mol. The molecule has 2 aromatic carbocycles. The lowest BCUT2D eigenvalue weighted by Gasteiger charge is -2.25. The third-order valence-electron chi connectivity index (χ3n) is 4.42. The summed E-state index contributed by atoms with van der Waals surface area (Å²) in [5.41, 5.74) is 0.386. The van der Waals surface area contributed by atoms with E-state index in [-0.39, 0.29) is 5.91 Å². The highest BCUT2D eigenvalue weighted by Crippen LogP contribution is 2.32. The van der Waals surface area contributed by atoms with E-state index in [9.17, 15) is 18.0 Å². The van der Waals surface area contributed by atoms with Crippen molar-refractivity contribution < 1.29 is 27.4 Å². The van der Waals surface area contributed by atoms with Crippen LogP contribution >= 0.6 is 0 Å². The largest absolute Gasteiger partial charge is 0.493 e. The van der Waals surface area contributed by atoms with E-state index in [0.717, 1.165) is 17.7 Å². The fraction of sp³-hybridized carbons (Fsp3) is 0.350. The quantitative estimate of drug-likeness (QED) is 0.763. The van der Waals surface area contributed by atoms with E-state index in [1.54, 1.807) is 39.2 Å². The average molecular weight is 396 g/mol. The van der Waals surface area contributed by atoms with E-state index in [1.807, 2.05) is 12.1 Å². The SMILES string of the molecule is COc1cccc(CN(C)[C@H](C)C(=O)Nc2ccc(C(F)(F)F)cc2)c1OC. The maximum absolute atomic E-state index is 12.6. The Labute approximate surface area is 162 Å². The van der Waals surface area contributed by atoms with Crippen LogP contribution in [0.25, 0.3) is 0 Å². The van der Waals surface area contributed by atoms with Crippen LogP contribution in [0.2, 0.25) is 0 Å². The lowest BCUT2D eigenvalue weighted by atomic mass is 10.1. The number of rotatable bonds is 7. The molecule has 0 bridgehead atoms. The molecular weight excluding hydrogens is 373 g/mol. The van der Waals surface area contributed by atoms with Crippen LogP contribution in [-0.4, -0.2) is 38.1 Å². The summed E-state index contributed by atoms with van der Waals surface area (Å²) in [4.78, 5) is 14.3. The number of nitrogens with one attached hydrogen (secondary N) is 1. The summed E-state index contributed by atoms with van der Waals surface area (Å²) in [6.45, 7) is 2.13. The third kappa shape index (κ3) is 5.16. The van der Waals surface area contributed by atoms with Crippen LogP contribution < -0.4 is 14.8 Å². The minimum Gasteiger partial charge on any atom is -0.493 e. The number of halogens is 3. The van der Waals surface area contributed by atoms with Crippen molar-refractivity contribution in [2.45, 2.75) is 25.7 Å². The number of anilines is 1. The lowest BCUT2D eigenvalue weighted by molar-refractivity contribution is -0.137. The van der Waals surface area contributed by atoms with Crippen LogP contribution in [0.15, 0.2) is 42.5 Å².